The molecule has 0 aromatic heterocycles. The number of rotatable bonds is 3. The van der Waals surface area contributed by atoms with Crippen LogP contribution in [0.25, 0.3) is 0 Å². The summed E-state index contributed by atoms with van der Waals surface area (Å²) in [6.45, 7) is 4.63. The second-order valence-corrected chi connectivity index (χ2v) is 5.46. The van der Waals surface area contributed by atoms with E-state index >= 15 is 0 Å². The molecule has 1 saturated heterocycles. The van der Waals surface area contributed by atoms with Crippen LogP contribution < -0.4 is 9.80 Å². The van der Waals surface area contributed by atoms with E-state index in [9.17, 15) is 14.0 Å². The number of hydrogen-bond donors (Lipinski definition) is 0. The Kier molecular flexibility index (Phi) is 3.31. The maximum Gasteiger partial charge on any atom is 0.414 e. The van der Waals surface area contributed by atoms with E-state index in [4.69, 9.17) is 4.74 Å². The van der Waals surface area contributed by atoms with E-state index in [-0.39, 0.29) is 18.4 Å². The third-order valence-corrected chi connectivity index (χ3v) is 3.76. The van der Waals surface area contributed by atoms with Gasteiger partial charge >= 0.3 is 6.09 Å². The Bertz CT molecular complexity index is 617. The fourth-order valence-corrected chi connectivity index (χ4v) is 2.89. The van der Waals surface area contributed by atoms with Crippen molar-refractivity contribution in [1.29, 1.82) is 0 Å². The minimum absolute atomic E-state index is 0.0970. The van der Waals surface area contributed by atoms with Crippen LogP contribution in [0.3, 0.4) is 0 Å². The van der Waals surface area contributed by atoms with Crippen molar-refractivity contribution in [2.24, 2.45) is 0 Å². The molecule has 0 radical (unpaired) electrons. The van der Waals surface area contributed by atoms with Gasteiger partial charge in [0.15, 0.2) is 0 Å². The molecule has 112 valence electrons. The summed E-state index contributed by atoms with van der Waals surface area (Å²) < 4.78 is 19.5. The Balaban J connectivity index is 1.98. The zero-order chi connectivity index (χ0) is 15.1. The van der Waals surface area contributed by atoms with Gasteiger partial charge in [-0.15, -0.1) is 0 Å². The van der Waals surface area contributed by atoms with Crippen molar-refractivity contribution < 1.29 is 18.7 Å². The molecule has 0 saturated carbocycles. The van der Waals surface area contributed by atoms with Crippen molar-refractivity contribution in [2.45, 2.75) is 32.8 Å². The van der Waals surface area contributed by atoms with Gasteiger partial charge in [-0.2, -0.15) is 0 Å². The number of benzene rings is 1. The maximum atomic E-state index is 14.4. The van der Waals surface area contributed by atoms with Gasteiger partial charge in [0.05, 0.1) is 24.3 Å². The molecule has 21 heavy (non-hydrogen) atoms. The molecule has 1 aromatic rings. The monoisotopic (exact) mass is 292 g/mol. The number of hydrogen-bond acceptors (Lipinski definition) is 3. The summed E-state index contributed by atoms with van der Waals surface area (Å²) in [6.07, 6.45) is 0.254. The summed E-state index contributed by atoms with van der Waals surface area (Å²) in [5, 5.41) is 0. The lowest BCUT2D eigenvalue weighted by Gasteiger charge is -2.19. The highest BCUT2D eigenvalue weighted by molar-refractivity contribution is 6.02. The van der Waals surface area contributed by atoms with E-state index in [1.165, 1.54) is 15.9 Å². The summed E-state index contributed by atoms with van der Waals surface area (Å²) >= 11 is 0. The molecule has 1 aromatic carbocycles. The molecule has 0 N–H and O–H groups in total. The summed E-state index contributed by atoms with van der Waals surface area (Å²) in [6, 6.07) is 3.02. The van der Waals surface area contributed by atoms with Gasteiger partial charge in [-0.25, -0.2) is 9.18 Å². The van der Waals surface area contributed by atoms with Crippen LogP contribution >= 0.6 is 0 Å². The topological polar surface area (TPSA) is 49.9 Å². The Labute approximate surface area is 122 Å². The summed E-state index contributed by atoms with van der Waals surface area (Å²) in [4.78, 5) is 26.6. The zero-order valence-electron chi connectivity index (χ0n) is 12.1. The van der Waals surface area contributed by atoms with Gasteiger partial charge in [0.1, 0.15) is 11.9 Å². The number of nitrogens with zero attached hydrogens (tertiary/aromatic N) is 2. The minimum Gasteiger partial charge on any atom is -0.444 e. The molecular weight excluding hydrogens is 275 g/mol. The van der Waals surface area contributed by atoms with Crippen LogP contribution in [0.15, 0.2) is 12.1 Å². The summed E-state index contributed by atoms with van der Waals surface area (Å²) in [7, 11) is 0. The molecule has 0 spiro atoms. The first-order valence-corrected chi connectivity index (χ1v) is 7.12. The largest absolute Gasteiger partial charge is 0.444 e. The van der Waals surface area contributed by atoms with E-state index in [1.807, 2.05) is 6.92 Å². The van der Waals surface area contributed by atoms with Crippen molar-refractivity contribution in [1.82, 2.24) is 0 Å². The fraction of sp³-hybridized carbons (Fsp3) is 0.467. The average Bonchev–Trinajstić information content (AvgIpc) is 2.90. The van der Waals surface area contributed by atoms with Crippen LogP contribution in [0.5, 0.6) is 0 Å². The molecule has 0 unspecified atom stereocenters. The zero-order valence-corrected chi connectivity index (χ0v) is 12.1. The number of fused-ring (bicyclic) bond motifs is 1. The highest BCUT2D eigenvalue weighted by Gasteiger charge is 2.34. The fourth-order valence-electron chi connectivity index (χ4n) is 2.89. The first-order valence-electron chi connectivity index (χ1n) is 7.12. The number of anilines is 2. The van der Waals surface area contributed by atoms with Crippen LogP contribution in [0.1, 0.15) is 25.8 Å². The summed E-state index contributed by atoms with van der Waals surface area (Å²) in [5.74, 6) is -0.561. The highest BCUT2D eigenvalue weighted by Crippen LogP contribution is 2.36. The number of ether oxygens (including phenoxy) is 1. The Morgan fingerprint density at radius 2 is 2.14 bits per heavy atom. The van der Waals surface area contributed by atoms with Crippen molar-refractivity contribution in [3.8, 4) is 0 Å². The third-order valence-electron chi connectivity index (χ3n) is 3.76. The molecule has 1 atom stereocenters. The lowest BCUT2D eigenvalue weighted by molar-refractivity contribution is -0.117. The number of cyclic esters (lactones) is 1. The standard InChI is InChI=1S/C15H17FN2O3/c1-3-4-17-13(19)6-10-5-11(7-12(16)14(10)17)18-8-9(2)21-15(18)20/h5,7,9H,3-4,6,8H2,1-2H3/t9-/m0/s1. The van der Waals surface area contributed by atoms with E-state index in [2.05, 4.69) is 0 Å². The summed E-state index contributed by atoms with van der Waals surface area (Å²) in [5.41, 5.74) is 1.44. The molecule has 0 aliphatic carbocycles. The van der Waals surface area contributed by atoms with Gasteiger partial charge in [-0.1, -0.05) is 6.92 Å². The Morgan fingerprint density at radius 1 is 1.38 bits per heavy atom. The van der Waals surface area contributed by atoms with Crippen LogP contribution in [-0.2, 0) is 16.0 Å². The van der Waals surface area contributed by atoms with Crippen LogP contribution in [-0.4, -0.2) is 31.2 Å². The Hall–Kier alpha value is -2.11. The quantitative estimate of drug-likeness (QED) is 0.860. The molecule has 2 aliphatic rings. The van der Waals surface area contributed by atoms with Gasteiger partial charge in [-0.3, -0.25) is 9.69 Å². The maximum absolute atomic E-state index is 14.4. The second kappa shape index (κ2) is 5.02. The van der Waals surface area contributed by atoms with Gasteiger partial charge < -0.3 is 9.64 Å². The van der Waals surface area contributed by atoms with E-state index in [0.717, 1.165) is 6.42 Å². The van der Waals surface area contributed by atoms with Crippen LogP contribution in [0.2, 0.25) is 0 Å². The molecule has 2 aliphatic heterocycles. The van der Waals surface area contributed by atoms with Crippen molar-refractivity contribution in [2.75, 3.05) is 22.9 Å². The van der Waals surface area contributed by atoms with E-state index in [0.29, 0.717) is 30.0 Å². The van der Waals surface area contributed by atoms with Crippen molar-refractivity contribution in [3.63, 3.8) is 0 Å². The molecule has 2 amide bonds. The molecule has 6 heteroatoms. The van der Waals surface area contributed by atoms with Gasteiger partial charge in [-0.05, 0) is 31.0 Å². The Morgan fingerprint density at radius 3 is 2.76 bits per heavy atom. The van der Waals surface area contributed by atoms with E-state index in [1.54, 1.807) is 13.0 Å². The minimum atomic E-state index is -0.475. The number of carbonyl (C=O) groups is 2. The number of amides is 2. The third kappa shape index (κ3) is 2.24. The smallest absolute Gasteiger partial charge is 0.414 e. The highest BCUT2D eigenvalue weighted by atomic mass is 19.1. The van der Waals surface area contributed by atoms with Gasteiger partial charge in [0.25, 0.3) is 0 Å². The normalized spacial score (nSPS) is 21.0. The predicted molar refractivity (Wildman–Crippen MR) is 76.0 cm³/mol. The molecule has 0 bridgehead atoms. The van der Waals surface area contributed by atoms with Gasteiger partial charge in [0, 0.05) is 6.54 Å². The lowest BCUT2D eigenvalue weighted by atomic mass is 10.1. The van der Waals surface area contributed by atoms with Crippen LogP contribution in [0.4, 0.5) is 20.6 Å². The average molecular weight is 292 g/mol. The SMILES string of the molecule is CCCN1C(=O)Cc2cc(N3C[C@H](C)OC3=O)cc(F)c21. The molecule has 3 rings (SSSR count). The van der Waals surface area contributed by atoms with Crippen molar-refractivity contribution in [3.05, 3.63) is 23.5 Å². The molecule has 5 nitrogen and oxygen atoms in total. The molecule has 1 fully saturated rings. The second-order valence-electron chi connectivity index (χ2n) is 5.46. The number of halogens is 1. The van der Waals surface area contributed by atoms with Gasteiger partial charge in [0.2, 0.25) is 5.91 Å². The first kappa shape index (κ1) is 13.9. The number of carbonyl (C=O) groups excluding carboxylic acids is 2. The van der Waals surface area contributed by atoms with E-state index < -0.39 is 11.9 Å². The lowest BCUT2D eigenvalue weighted by Crippen LogP contribution is -2.28. The molecule has 2 heterocycles. The van der Waals surface area contributed by atoms with Crippen molar-refractivity contribution >= 4 is 23.4 Å². The van der Waals surface area contributed by atoms with Crippen LogP contribution in [0, 0.1) is 5.82 Å². The predicted octanol–water partition coefficient (Wildman–Crippen LogP) is 2.47. The molecular formula is C15H17FN2O3. The first-order chi connectivity index (χ1) is 10.0.